The van der Waals surface area contributed by atoms with Crippen LogP contribution < -0.4 is 0 Å². The molecule has 25 heavy (non-hydrogen) atoms. The fourth-order valence-corrected chi connectivity index (χ4v) is 3.17. The van der Waals surface area contributed by atoms with Gasteiger partial charge in [-0.05, 0) is 34.7 Å². The molecule has 0 saturated carbocycles. The molecule has 0 bridgehead atoms. The second kappa shape index (κ2) is 7.08. The molecule has 0 radical (unpaired) electrons. The summed E-state index contributed by atoms with van der Waals surface area (Å²) in [5.41, 5.74) is 2.67. The van der Waals surface area contributed by atoms with E-state index < -0.39 is 0 Å². The predicted molar refractivity (Wildman–Crippen MR) is 95.7 cm³/mol. The minimum Gasteiger partial charge on any atom is -0.356 e. The SMILES string of the molecule is Clc1ccc(-n2nnnc2SCc2cc(-c3ccccc3)on2)cc1. The largest absolute Gasteiger partial charge is 0.356 e. The highest BCUT2D eigenvalue weighted by Gasteiger charge is 2.12. The molecule has 124 valence electrons. The molecular formula is C17H12ClN5OS. The van der Waals surface area contributed by atoms with Gasteiger partial charge in [0.05, 0.1) is 11.4 Å². The van der Waals surface area contributed by atoms with E-state index in [-0.39, 0.29) is 0 Å². The number of halogens is 1. The third-order valence-electron chi connectivity index (χ3n) is 3.48. The lowest BCUT2D eigenvalue weighted by Gasteiger charge is -2.03. The molecule has 2 heterocycles. The van der Waals surface area contributed by atoms with Crippen LogP contribution in [0, 0.1) is 0 Å². The van der Waals surface area contributed by atoms with Gasteiger partial charge in [-0.3, -0.25) is 0 Å². The molecule has 2 aromatic carbocycles. The van der Waals surface area contributed by atoms with Crippen molar-refractivity contribution in [2.45, 2.75) is 10.9 Å². The standard InChI is InChI=1S/C17H12ClN5OS/c18-13-6-8-15(9-7-13)23-17(19-21-22-23)25-11-14-10-16(24-20-14)12-4-2-1-3-5-12/h1-10H,11H2. The minimum atomic E-state index is 0.601. The summed E-state index contributed by atoms with van der Waals surface area (Å²) in [6, 6.07) is 19.1. The van der Waals surface area contributed by atoms with Crippen LogP contribution in [0.3, 0.4) is 0 Å². The Morgan fingerprint density at radius 1 is 1.04 bits per heavy atom. The maximum Gasteiger partial charge on any atom is 0.214 e. The van der Waals surface area contributed by atoms with Gasteiger partial charge in [-0.1, -0.05) is 58.9 Å². The van der Waals surface area contributed by atoms with Crippen molar-refractivity contribution < 1.29 is 4.52 Å². The number of rotatable bonds is 5. The number of thioether (sulfide) groups is 1. The van der Waals surface area contributed by atoms with E-state index in [9.17, 15) is 0 Å². The highest BCUT2D eigenvalue weighted by atomic mass is 35.5. The number of hydrogen-bond acceptors (Lipinski definition) is 6. The van der Waals surface area contributed by atoms with Crippen molar-refractivity contribution in [3.63, 3.8) is 0 Å². The molecule has 0 atom stereocenters. The van der Waals surface area contributed by atoms with Crippen molar-refractivity contribution in [1.29, 1.82) is 0 Å². The van der Waals surface area contributed by atoms with E-state index in [0.717, 1.165) is 22.7 Å². The van der Waals surface area contributed by atoms with Gasteiger partial charge < -0.3 is 4.52 Å². The van der Waals surface area contributed by atoms with Gasteiger partial charge in [0.25, 0.3) is 0 Å². The highest BCUT2D eigenvalue weighted by molar-refractivity contribution is 7.98. The summed E-state index contributed by atoms with van der Waals surface area (Å²) in [7, 11) is 0. The van der Waals surface area contributed by atoms with E-state index >= 15 is 0 Å². The molecule has 0 aliphatic heterocycles. The highest BCUT2D eigenvalue weighted by Crippen LogP contribution is 2.25. The zero-order valence-corrected chi connectivity index (χ0v) is 14.5. The molecule has 8 heteroatoms. The summed E-state index contributed by atoms with van der Waals surface area (Å²) < 4.78 is 7.08. The zero-order chi connectivity index (χ0) is 17.1. The molecule has 0 amide bonds. The summed E-state index contributed by atoms with van der Waals surface area (Å²) in [4.78, 5) is 0. The predicted octanol–water partition coefficient (Wildman–Crippen LogP) is 4.26. The lowest BCUT2D eigenvalue weighted by molar-refractivity contribution is 0.426. The van der Waals surface area contributed by atoms with Crippen LogP contribution in [0.15, 0.2) is 70.3 Å². The molecule has 0 fully saturated rings. The van der Waals surface area contributed by atoms with Crippen molar-refractivity contribution in [2.24, 2.45) is 0 Å². The Hall–Kier alpha value is -2.64. The van der Waals surface area contributed by atoms with Crippen LogP contribution in [0.4, 0.5) is 0 Å². The molecule has 2 aromatic heterocycles. The smallest absolute Gasteiger partial charge is 0.214 e. The van der Waals surface area contributed by atoms with Gasteiger partial charge in [0, 0.05) is 22.4 Å². The van der Waals surface area contributed by atoms with Crippen molar-refractivity contribution >= 4 is 23.4 Å². The molecule has 0 unspecified atom stereocenters. The van der Waals surface area contributed by atoms with E-state index in [1.54, 1.807) is 16.8 Å². The molecular weight excluding hydrogens is 358 g/mol. The topological polar surface area (TPSA) is 69.6 Å². The summed E-state index contributed by atoms with van der Waals surface area (Å²) in [6.45, 7) is 0. The van der Waals surface area contributed by atoms with Crippen LogP contribution in [-0.4, -0.2) is 25.4 Å². The first-order chi connectivity index (χ1) is 12.3. The normalized spacial score (nSPS) is 10.9. The van der Waals surface area contributed by atoms with Crippen molar-refractivity contribution in [3.8, 4) is 17.0 Å². The van der Waals surface area contributed by atoms with E-state index in [1.807, 2.05) is 48.5 Å². The third-order valence-corrected chi connectivity index (χ3v) is 4.68. The fraction of sp³-hybridized carbons (Fsp3) is 0.0588. The van der Waals surface area contributed by atoms with Gasteiger partial charge in [-0.15, -0.1) is 5.10 Å². The van der Waals surface area contributed by atoms with E-state index in [1.165, 1.54) is 11.8 Å². The Balaban J connectivity index is 1.49. The molecule has 4 aromatic rings. The van der Waals surface area contributed by atoms with E-state index in [4.69, 9.17) is 16.1 Å². The Bertz CT molecular complexity index is 968. The molecule has 0 saturated heterocycles. The summed E-state index contributed by atoms with van der Waals surface area (Å²) >= 11 is 7.41. The van der Waals surface area contributed by atoms with Gasteiger partial charge in [0.1, 0.15) is 0 Å². The number of benzene rings is 2. The van der Waals surface area contributed by atoms with Gasteiger partial charge in [0.15, 0.2) is 5.76 Å². The van der Waals surface area contributed by atoms with E-state index in [0.29, 0.717) is 15.9 Å². The van der Waals surface area contributed by atoms with Crippen molar-refractivity contribution in [3.05, 3.63) is 71.4 Å². The van der Waals surface area contributed by atoms with Crippen LogP contribution in [0.25, 0.3) is 17.0 Å². The Morgan fingerprint density at radius 3 is 2.64 bits per heavy atom. The quantitative estimate of drug-likeness (QED) is 0.489. The number of hydrogen-bond donors (Lipinski definition) is 0. The van der Waals surface area contributed by atoms with Crippen LogP contribution in [0.5, 0.6) is 0 Å². The lowest BCUT2D eigenvalue weighted by atomic mass is 10.2. The summed E-state index contributed by atoms with van der Waals surface area (Å²) in [6.07, 6.45) is 0. The lowest BCUT2D eigenvalue weighted by Crippen LogP contribution is -1.98. The molecule has 0 N–H and O–H groups in total. The first kappa shape index (κ1) is 15.9. The zero-order valence-electron chi connectivity index (χ0n) is 12.9. The van der Waals surface area contributed by atoms with Crippen LogP contribution in [-0.2, 0) is 5.75 Å². The molecule has 4 rings (SSSR count). The van der Waals surface area contributed by atoms with Crippen LogP contribution in [0.2, 0.25) is 5.02 Å². The molecule has 6 nitrogen and oxygen atoms in total. The maximum absolute atomic E-state index is 5.92. The third kappa shape index (κ3) is 3.57. The number of aromatic nitrogens is 5. The van der Waals surface area contributed by atoms with Gasteiger partial charge in [-0.2, -0.15) is 4.68 Å². The first-order valence-electron chi connectivity index (χ1n) is 7.48. The number of nitrogens with zero attached hydrogens (tertiary/aromatic N) is 5. The first-order valence-corrected chi connectivity index (χ1v) is 8.84. The second-order valence-electron chi connectivity index (χ2n) is 5.19. The van der Waals surface area contributed by atoms with E-state index in [2.05, 4.69) is 20.7 Å². The van der Waals surface area contributed by atoms with Gasteiger partial charge in [-0.25, -0.2) is 0 Å². The van der Waals surface area contributed by atoms with Crippen molar-refractivity contribution in [1.82, 2.24) is 25.4 Å². The Labute approximate surface area is 152 Å². The minimum absolute atomic E-state index is 0.601. The summed E-state index contributed by atoms with van der Waals surface area (Å²) in [5.74, 6) is 1.35. The Morgan fingerprint density at radius 2 is 1.84 bits per heavy atom. The van der Waals surface area contributed by atoms with Gasteiger partial charge in [0.2, 0.25) is 5.16 Å². The maximum atomic E-state index is 5.92. The van der Waals surface area contributed by atoms with Crippen molar-refractivity contribution in [2.75, 3.05) is 0 Å². The summed E-state index contributed by atoms with van der Waals surface area (Å²) in [5, 5.41) is 17.3. The molecule has 0 spiro atoms. The average molecular weight is 370 g/mol. The van der Waals surface area contributed by atoms with Gasteiger partial charge >= 0.3 is 0 Å². The average Bonchev–Trinajstić information content (AvgIpc) is 3.31. The number of tetrazole rings is 1. The van der Waals surface area contributed by atoms with Crippen LogP contribution in [0.1, 0.15) is 5.69 Å². The van der Waals surface area contributed by atoms with Crippen LogP contribution >= 0.6 is 23.4 Å². The molecule has 0 aliphatic rings. The Kier molecular flexibility index (Phi) is 4.49. The second-order valence-corrected chi connectivity index (χ2v) is 6.57. The monoisotopic (exact) mass is 369 g/mol. The molecule has 0 aliphatic carbocycles. The fourth-order valence-electron chi connectivity index (χ4n) is 2.27.